The monoisotopic (exact) mass is 388 g/mol. The minimum Gasteiger partial charge on any atom is -0.454 e. The van der Waals surface area contributed by atoms with Crippen molar-refractivity contribution in [2.75, 3.05) is 20.3 Å². The summed E-state index contributed by atoms with van der Waals surface area (Å²) in [6.45, 7) is 6.13. The van der Waals surface area contributed by atoms with Crippen molar-refractivity contribution in [1.82, 2.24) is 4.57 Å². The summed E-state index contributed by atoms with van der Waals surface area (Å²) in [5.74, 6) is -1.24. The number of hydrogen-bond acceptors (Lipinski definition) is 6. The third kappa shape index (κ3) is 4.64. The smallest absolute Gasteiger partial charge is 0.345 e. The van der Waals surface area contributed by atoms with Crippen molar-refractivity contribution in [3.05, 3.63) is 62.5 Å². The molecule has 2 aromatic rings. The first-order valence-corrected chi connectivity index (χ1v) is 8.88. The molecule has 0 amide bonds. The van der Waals surface area contributed by atoms with Crippen LogP contribution >= 0.6 is 0 Å². The molecule has 0 saturated carbocycles. The largest absolute Gasteiger partial charge is 0.454 e. The van der Waals surface area contributed by atoms with Gasteiger partial charge in [0.2, 0.25) is 5.78 Å². The molecular weight excluding hydrogens is 364 g/mol. The van der Waals surface area contributed by atoms with Crippen LogP contribution < -0.4 is 0 Å². The molecule has 1 heterocycles. The van der Waals surface area contributed by atoms with E-state index in [2.05, 4.69) is 0 Å². The summed E-state index contributed by atoms with van der Waals surface area (Å²) < 4.78 is 12.1. The van der Waals surface area contributed by atoms with Crippen LogP contribution in [0.2, 0.25) is 0 Å². The van der Waals surface area contributed by atoms with Gasteiger partial charge in [0, 0.05) is 42.8 Å². The Bertz CT molecular complexity index is 900. The van der Waals surface area contributed by atoms with Crippen molar-refractivity contribution in [2.45, 2.75) is 33.7 Å². The molecule has 8 nitrogen and oxygen atoms in total. The van der Waals surface area contributed by atoms with E-state index in [0.717, 1.165) is 17.8 Å². The molecular formula is C20H24N2O6. The van der Waals surface area contributed by atoms with E-state index in [-0.39, 0.29) is 17.0 Å². The van der Waals surface area contributed by atoms with E-state index in [1.165, 1.54) is 12.1 Å². The lowest BCUT2D eigenvalue weighted by Gasteiger charge is -2.09. The number of para-hydroxylation sites is 1. The number of nitro groups is 1. The molecule has 0 saturated heterocycles. The lowest BCUT2D eigenvalue weighted by Crippen LogP contribution is -2.16. The topological polar surface area (TPSA) is 101 Å². The number of ether oxygens (including phenoxy) is 2. The summed E-state index contributed by atoms with van der Waals surface area (Å²) in [4.78, 5) is 35.4. The summed E-state index contributed by atoms with van der Waals surface area (Å²) >= 11 is 0. The maximum Gasteiger partial charge on any atom is 0.345 e. The van der Waals surface area contributed by atoms with Crippen LogP contribution in [0.3, 0.4) is 0 Å². The zero-order valence-electron chi connectivity index (χ0n) is 16.5. The van der Waals surface area contributed by atoms with E-state index >= 15 is 0 Å². The molecule has 0 N–H and O–H groups in total. The summed E-state index contributed by atoms with van der Waals surface area (Å²) in [7, 11) is 1.64. The number of hydrogen-bond donors (Lipinski definition) is 0. The number of aromatic nitrogens is 1. The zero-order valence-corrected chi connectivity index (χ0v) is 16.5. The molecule has 2 rings (SSSR count). The quantitative estimate of drug-likeness (QED) is 0.215. The molecule has 0 aliphatic rings. The van der Waals surface area contributed by atoms with Crippen molar-refractivity contribution in [3.63, 3.8) is 0 Å². The highest BCUT2D eigenvalue weighted by atomic mass is 16.6. The van der Waals surface area contributed by atoms with Crippen molar-refractivity contribution in [3.8, 4) is 0 Å². The van der Waals surface area contributed by atoms with Gasteiger partial charge in [0.05, 0.1) is 4.92 Å². The molecule has 28 heavy (non-hydrogen) atoms. The van der Waals surface area contributed by atoms with Crippen LogP contribution in [0.15, 0.2) is 24.3 Å². The van der Waals surface area contributed by atoms with E-state index in [4.69, 9.17) is 9.47 Å². The molecule has 1 aromatic carbocycles. The lowest BCUT2D eigenvalue weighted by molar-refractivity contribution is -0.385. The van der Waals surface area contributed by atoms with Crippen molar-refractivity contribution in [1.29, 1.82) is 0 Å². The molecule has 0 spiro atoms. The number of aryl methyl sites for hydroxylation is 2. The molecule has 0 atom stereocenters. The number of Topliss-reactive ketones (excluding diaryl/α,β-unsaturated/α-hetero) is 1. The second-order valence-electron chi connectivity index (χ2n) is 6.51. The predicted octanol–water partition coefficient (Wildman–Crippen LogP) is 3.40. The van der Waals surface area contributed by atoms with E-state index in [1.807, 2.05) is 18.4 Å². The average molecular weight is 388 g/mol. The number of rotatable bonds is 9. The molecule has 8 heteroatoms. The molecule has 0 aliphatic heterocycles. The fraction of sp³-hybridized carbons (Fsp3) is 0.400. The number of esters is 1. The van der Waals surface area contributed by atoms with Crippen LogP contribution in [0.25, 0.3) is 0 Å². The highest BCUT2D eigenvalue weighted by Gasteiger charge is 2.25. The Morgan fingerprint density at radius 2 is 1.89 bits per heavy atom. The van der Waals surface area contributed by atoms with Crippen LogP contribution in [0.1, 0.15) is 44.1 Å². The molecule has 0 fully saturated rings. The van der Waals surface area contributed by atoms with Gasteiger partial charge in [0.25, 0.3) is 5.69 Å². The Hall–Kier alpha value is -3.00. The molecule has 0 aliphatic carbocycles. The Balaban J connectivity index is 2.11. The van der Waals surface area contributed by atoms with E-state index in [0.29, 0.717) is 24.3 Å². The van der Waals surface area contributed by atoms with Gasteiger partial charge in [0.1, 0.15) is 5.56 Å². The van der Waals surface area contributed by atoms with Gasteiger partial charge >= 0.3 is 5.97 Å². The molecule has 0 bridgehead atoms. The van der Waals surface area contributed by atoms with Gasteiger partial charge in [0.15, 0.2) is 6.61 Å². The summed E-state index contributed by atoms with van der Waals surface area (Å²) in [5, 5.41) is 11.2. The van der Waals surface area contributed by atoms with Gasteiger partial charge in [-0.25, -0.2) is 4.79 Å². The number of ketones is 1. The average Bonchev–Trinajstić information content (AvgIpc) is 2.93. The Morgan fingerprint density at radius 3 is 2.54 bits per heavy atom. The summed E-state index contributed by atoms with van der Waals surface area (Å²) in [5.41, 5.74) is 2.07. The molecule has 0 unspecified atom stereocenters. The zero-order chi connectivity index (χ0) is 20.8. The SMILES string of the molecule is COCCCn1c(C)cc(C(=O)COC(=O)c2cccc(C)c2[N+](=O)[O-])c1C. The molecule has 0 radical (unpaired) electrons. The third-order valence-corrected chi connectivity index (χ3v) is 4.58. The van der Waals surface area contributed by atoms with Gasteiger partial charge in [-0.1, -0.05) is 12.1 Å². The van der Waals surface area contributed by atoms with Crippen LogP contribution in [0.5, 0.6) is 0 Å². The maximum atomic E-state index is 12.5. The normalized spacial score (nSPS) is 10.7. The number of carbonyl (C=O) groups is 2. The van der Waals surface area contributed by atoms with Gasteiger partial charge in [-0.15, -0.1) is 0 Å². The van der Waals surface area contributed by atoms with E-state index < -0.39 is 17.5 Å². The second-order valence-corrected chi connectivity index (χ2v) is 6.51. The first kappa shape index (κ1) is 21.3. The minimum absolute atomic E-state index is 0.164. The molecule has 1 aromatic heterocycles. The van der Waals surface area contributed by atoms with Gasteiger partial charge in [-0.05, 0) is 39.3 Å². The number of nitrogens with zero attached hydrogens (tertiary/aromatic N) is 2. The van der Waals surface area contributed by atoms with Crippen molar-refractivity contribution in [2.24, 2.45) is 0 Å². The van der Waals surface area contributed by atoms with Crippen LogP contribution in [0.4, 0.5) is 5.69 Å². The fourth-order valence-corrected chi connectivity index (χ4v) is 3.15. The number of methoxy groups -OCH3 is 1. The summed E-state index contributed by atoms with van der Waals surface area (Å²) in [6, 6.07) is 6.15. The number of nitro benzene ring substituents is 1. The van der Waals surface area contributed by atoms with Crippen LogP contribution in [-0.4, -0.2) is 41.6 Å². The van der Waals surface area contributed by atoms with Gasteiger partial charge < -0.3 is 14.0 Å². The summed E-state index contributed by atoms with van der Waals surface area (Å²) in [6.07, 6.45) is 0.812. The van der Waals surface area contributed by atoms with E-state index in [9.17, 15) is 19.7 Å². The Kier molecular flexibility index (Phi) is 7.06. The van der Waals surface area contributed by atoms with Crippen molar-refractivity contribution < 1.29 is 24.0 Å². The van der Waals surface area contributed by atoms with Crippen LogP contribution in [0, 0.1) is 30.9 Å². The second kappa shape index (κ2) is 9.27. The van der Waals surface area contributed by atoms with Crippen LogP contribution in [-0.2, 0) is 16.0 Å². The fourth-order valence-electron chi connectivity index (χ4n) is 3.15. The third-order valence-electron chi connectivity index (χ3n) is 4.58. The predicted molar refractivity (Wildman–Crippen MR) is 103 cm³/mol. The Labute approximate surface area is 163 Å². The highest BCUT2D eigenvalue weighted by molar-refractivity contribution is 6.01. The lowest BCUT2D eigenvalue weighted by atomic mass is 10.1. The standard InChI is InChI=1S/C20H24N2O6/c1-13-7-5-8-16(19(13)22(25)26)20(24)28-12-18(23)17-11-14(2)21(15(17)3)9-6-10-27-4/h5,7-8,11H,6,9-10,12H2,1-4H3. The first-order chi connectivity index (χ1) is 13.3. The van der Waals surface area contributed by atoms with Crippen molar-refractivity contribution >= 4 is 17.4 Å². The number of benzene rings is 1. The Morgan fingerprint density at radius 1 is 1.18 bits per heavy atom. The maximum absolute atomic E-state index is 12.5. The highest BCUT2D eigenvalue weighted by Crippen LogP contribution is 2.24. The van der Waals surface area contributed by atoms with Gasteiger partial charge in [-0.2, -0.15) is 0 Å². The first-order valence-electron chi connectivity index (χ1n) is 8.88. The van der Waals surface area contributed by atoms with Gasteiger partial charge in [-0.3, -0.25) is 14.9 Å². The minimum atomic E-state index is -0.891. The van der Waals surface area contributed by atoms with E-state index in [1.54, 1.807) is 26.2 Å². The molecule has 150 valence electrons. The number of carbonyl (C=O) groups excluding carboxylic acids is 2.